The van der Waals surface area contributed by atoms with Gasteiger partial charge in [0.15, 0.2) is 0 Å². The van der Waals surface area contributed by atoms with Crippen LogP contribution in [0.15, 0.2) is 18.3 Å². The van der Waals surface area contributed by atoms with Crippen LogP contribution in [0.2, 0.25) is 0 Å². The van der Waals surface area contributed by atoms with Gasteiger partial charge >= 0.3 is 6.03 Å². The van der Waals surface area contributed by atoms with Crippen LogP contribution >= 0.6 is 0 Å². The number of aromatic nitrogens is 1. The number of amides is 2. The van der Waals surface area contributed by atoms with Crippen molar-refractivity contribution in [1.82, 2.24) is 14.8 Å². The second-order valence-corrected chi connectivity index (χ2v) is 6.16. The van der Waals surface area contributed by atoms with E-state index in [1.165, 1.54) is 19.3 Å². The normalized spacial score (nSPS) is 15.7. The molecule has 1 aromatic rings. The van der Waals surface area contributed by atoms with Crippen LogP contribution in [0.3, 0.4) is 0 Å². The Morgan fingerprint density at radius 3 is 2.82 bits per heavy atom. The molecule has 0 saturated heterocycles. The number of urea groups is 1. The summed E-state index contributed by atoms with van der Waals surface area (Å²) in [5.41, 5.74) is 1.15. The minimum atomic E-state index is 0.0594. The van der Waals surface area contributed by atoms with Crippen molar-refractivity contribution in [2.45, 2.75) is 51.1 Å². The number of hydrogen-bond acceptors (Lipinski definition) is 2. The van der Waals surface area contributed by atoms with Gasteiger partial charge in [-0.1, -0.05) is 19.3 Å². The van der Waals surface area contributed by atoms with Gasteiger partial charge in [-0.15, -0.1) is 0 Å². The quantitative estimate of drug-likeness (QED) is 0.787. The molecule has 1 heterocycles. The number of ether oxygens (including phenoxy) is 1. The molecule has 1 aliphatic rings. The van der Waals surface area contributed by atoms with Crippen molar-refractivity contribution >= 4 is 6.03 Å². The van der Waals surface area contributed by atoms with E-state index in [4.69, 9.17) is 4.74 Å². The van der Waals surface area contributed by atoms with Crippen molar-refractivity contribution in [3.63, 3.8) is 0 Å². The zero-order valence-electron chi connectivity index (χ0n) is 13.9. The highest BCUT2D eigenvalue weighted by molar-refractivity contribution is 5.74. The van der Waals surface area contributed by atoms with E-state index in [2.05, 4.69) is 16.0 Å². The van der Waals surface area contributed by atoms with Crippen molar-refractivity contribution in [2.75, 3.05) is 20.3 Å². The molecule has 2 amide bonds. The summed E-state index contributed by atoms with van der Waals surface area (Å²) in [6.45, 7) is 2.05. The Labute approximate surface area is 133 Å². The van der Waals surface area contributed by atoms with Gasteiger partial charge in [-0.2, -0.15) is 0 Å². The molecular weight excluding hydrogens is 278 g/mol. The lowest BCUT2D eigenvalue weighted by Gasteiger charge is -2.28. The fourth-order valence-corrected chi connectivity index (χ4v) is 3.02. The second-order valence-electron chi connectivity index (χ2n) is 6.16. The predicted molar refractivity (Wildman–Crippen MR) is 87.7 cm³/mol. The molecule has 2 rings (SSSR count). The molecule has 0 bridgehead atoms. The zero-order valence-corrected chi connectivity index (χ0v) is 13.9. The molecule has 1 aliphatic carbocycles. The standard InChI is InChI=1S/C17H29N3O2/c1-19-11-6-10-16(19)14-20(12-7-13-22-2)17(21)18-15-8-4-3-5-9-15/h6,10-11,15H,3-5,7-9,12-14H2,1-2H3,(H,18,21). The Bertz CT molecular complexity index is 453. The molecule has 1 aromatic heterocycles. The summed E-state index contributed by atoms with van der Waals surface area (Å²) in [6.07, 6.45) is 8.86. The molecule has 0 unspecified atom stereocenters. The molecule has 1 fully saturated rings. The number of aryl methyl sites for hydroxylation is 1. The van der Waals surface area contributed by atoms with Crippen LogP contribution in [0.25, 0.3) is 0 Å². The van der Waals surface area contributed by atoms with Crippen molar-refractivity contribution in [2.24, 2.45) is 7.05 Å². The smallest absolute Gasteiger partial charge is 0.317 e. The Morgan fingerprint density at radius 2 is 2.18 bits per heavy atom. The predicted octanol–water partition coefficient (Wildman–Crippen LogP) is 2.91. The van der Waals surface area contributed by atoms with E-state index in [0.29, 0.717) is 19.2 Å². The molecule has 1 N–H and O–H groups in total. The Morgan fingerprint density at radius 1 is 1.41 bits per heavy atom. The molecule has 0 aromatic carbocycles. The molecule has 0 atom stereocenters. The van der Waals surface area contributed by atoms with Crippen LogP contribution in [0.4, 0.5) is 4.79 Å². The summed E-state index contributed by atoms with van der Waals surface area (Å²) >= 11 is 0. The Kier molecular flexibility index (Phi) is 6.77. The van der Waals surface area contributed by atoms with Crippen LogP contribution in [0.5, 0.6) is 0 Å². The van der Waals surface area contributed by atoms with E-state index in [1.807, 2.05) is 24.2 Å². The minimum absolute atomic E-state index is 0.0594. The summed E-state index contributed by atoms with van der Waals surface area (Å²) in [7, 11) is 3.71. The largest absolute Gasteiger partial charge is 0.385 e. The lowest BCUT2D eigenvalue weighted by Crippen LogP contribution is -2.45. The van der Waals surface area contributed by atoms with E-state index >= 15 is 0 Å². The maximum absolute atomic E-state index is 12.6. The van der Waals surface area contributed by atoms with Gasteiger partial charge in [-0.3, -0.25) is 0 Å². The van der Waals surface area contributed by atoms with Crippen molar-refractivity contribution in [3.8, 4) is 0 Å². The average molecular weight is 307 g/mol. The summed E-state index contributed by atoms with van der Waals surface area (Å²) in [5, 5.41) is 3.21. The van der Waals surface area contributed by atoms with Crippen LogP contribution in [-0.4, -0.2) is 41.8 Å². The molecular formula is C17H29N3O2. The van der Waals surface area contributed by atoms with Crippen LogP contribution in [0, 0.1) is 0 Å². The Balaban J connectivity index is 1.92. The third kappa shape index (κ3) is 5.05. The molecule has 0 aliphatic heterocycles. The third-order valence-corrected chi connectivity index (χ3v) is 4.40. The van der Waals surface area contributed by atoms with Crippen molar-refractivity contribution < 1.29 is 9.53 Å². The lowest BCUT2D eigenvalue weighted by atomic mass is 9.96. The maximum Gasteiger partial charge on any atom is 0.317 e. The highest BCUT2D eigenvalue weighted by atomic mass is 16.5. The van der Waals surface area contributed by atoms with Gasteiger partial charge in [0.2, 0.25) is 0 Å². The molecule has 5 heteroatoms. The summed E-state index contributed by atoms with van der Waals surface area (Å²) in [5.74, 6) is 0. The van der Waals surface area contributed by atoms with Gasteiger partial charge < -0.3 is 19.5 Å². The fraction of sp³-hybridized carbons (Fsp3) is 0.706. The van der Waals surface area contributed by atoms with Gasteiger partial charge in [0.05, 0.1) is 6.54 Å². The van der Waals surface area contributed by atoms with Crippen LogP contribution < -0.4 is 5.32 Å². The van der Waals surface area contributed by atoms with Gasteiger partial charge in [-0.05, 0) is 31.4 Å². The molecule has 0 radical (unpaired) electrons. The first-order valence-electron chi connectivity index (χ1n) is 8.35. The number of nitrogens with zero attached hydrogens (tertiary/aromatic N) is 2. The van der Waals surface area contributed by atoms with Gasteiger partial charge in [0, 0.05) is 45.2 Å². The van der Waals surface area contributed by atoms with E-state index < -0.39 is 0 Å². The first kappa shape index (κ1) is 16.9. The molecule has 22 heavy (non-hydrogen) atoms. The van der Waals surface area contributed by atoms with Crippen molar-refractivity contribution in [3.05, 3.63) is 24.0 Å². The van der Waals surface area contributed by atoms with Crippen LogP contribution in [-0.2, 0) is 18.3 Å². The maximum atomic E-state index is 12.6. The van der Waals surface area contributed by atoms with Gasteiger partial charge in [0.1, 0.15) is 0 Å². The van der Waals surface area contributed by atoms with E-state index in [0.717, 1.165) is 31.5 Å². The number of methoxy groups -OCH3 is 1. The topological polar surface area (TPSA) is 46.5 Å². The average Bonchev–Trinajstić information content (AvgIpc) is 2.92. The van der Waals surface area contributed by atoms with Crippen molar-refractivity contribution in [1.29, 1.82) is 0 Å². The lowest BCUT2D eigenvalue weighted by molar-refractivity contribution is 0.161. The molecule has 0 spiro atoms. The van der Waals surface area contributed by atoms with E-state index in [1.54, 1.807) is 7.11 Å². The summed E-state index contributed by atoms with van der Waals surface area (Å²) < 4.78 is 7.18. The molecule has 1 saturated carbocycles. The number of nitrogens with one attached hydrogen (secondary N) is 1. The fourth-order valence-electron chi connectivity index (χ4n) is 3.02. The minimum Gasteiger partial charge on any atom is -0.385 e. The number of hydrogen-bond donors (Lipinski definition) is 1. The van der Waals surface area contributed by atoms with Gasteiger partial charge in [0.25, 0.3) is 0 Å². The first-order chi connectivity index (χ1) is 10.7. The third-order valence-electron chi connectivity index (χ3n) is 4.40. The highest BCUT2D eigenvalue weighted by Crippen LogP contribution is 2.18. The first-order valence-corrected chi connectivity index (χ1v) is 8.35. The molecule has 124 valence electrons. The van der Waals surface area contributed by atoms with E-state index in [-0.39, 0.29) is 6.03 Å². The highest BCUT2D eigenvalue weighted by Gasteiger charge is 2.20. The molecule has 5 nitrogen and oxygen atoms in total. The SMILES string of the molecule is COCCCN(Cc1cccn1C)C(=O)NC1CCCCC1. The monoisotopic (exact) mass is 307 g/mol. The summed E-state index contributed by atoms with van der Waals surface area (Å²) in [4.78, 5) is 14.5. The summed E-state index contributed by atoms with van der Waals surface area (Å²) in [6, 6.07) is 4.49. The number of carbonyl (C=O) groups is 1. The van der Waals surface area contributed by atoms with Crippen LogP contribution in [0.1, 0.15) is 44.2 Å². The van der Waals surface area contributed by atoms with E-state index in [9.17, 15) is 4.79 Å². The zero-order chi connectivity index (χ0) is 15.8. The number of rotatable bonds is 7. The number of carbonyl (C=O) groups excluding carboxylic acids is 1. The Hall–Kier alpha value is -1.49. The second kappa shape index (κ2) is 8.83. The van der Waals surface area contributed by atoms with Gasteiger partial charge in [-0.25, -0.2) is 4.79 Å².